The minimum Gasteiger partial charge on any atom is -0.372 e. The summed E-state index contributed by atoms with van der Waals surface area (Å²) in [7, 11) is 0. The number of rotatable bonds is 38. The molecule has 0 amide bonds. The van der Waals surface area contributed by atoms with Crippen molar-refractivity contribution in [3.63, 3.8) is 0 Å². The third kappa shape index (κ3) is 21.1. The molecule has 12 aromatic carbocycles. The SMILES string of the molecule is CCCCCCCCCCCCCCCCCC1N=CNC1CCCCCCCCCCCCCCCCC.Fc1c(F)c(F)c2c(F)c(B(c3c(F)c(F)c4c(F)c(F)c(F)c(F)c4c3F)c3c(F)c(F)c4c(F)c(F)c(F)c(F)c4c3F)c(F)c(F)c2c1F.Fc1c(F)c(F)c2c(F)c(B(c3c(F)c(F)c4c(F)c(F)c(F)c(F)c4c3F)c3c(F)c(F)c4c(F)c(F)c(F)c(F)c4c3F)c(F)c(F)c2c1F. The molecule has 1 aliphatic heterocycles. The molecule has 1 heterocycles. The van der Waals surface area contributed by atoms with E-state index in [-0.39, 0.29) is 0 Å². The molecule has 2 atom stereocenters. The highest BCUT2D eigenvalue weighted by Gasteiger charge is 2.50. The standard InChI is InChI=1S/C37H74N2.2C30BF21/c1-3-5-7-9-11-13-15-17-19-21-23-25-27-29-31-33-36-37(39-35-38-36)34-32-30-28-26-24-22-20-18-16-14-12-10-8-6-4-2;2*32-10-1-4(19(41)28(50)25(47)16(1)38)13(35)22(44)7(10)31(8-11(33)2-5(14(36)23(8)45)20(42)29(51)26(48)17(2)39)9-12(34)3-6(15(37)24(9)46)21(43)30(52)27(49)18(3)40/h35-37H,3-34H2,1-2H3,(H,38,39);;. The Hall–Kier alpha value is -11.1. The predicted octanol–water partition coefficient (Wildman–Crippen LogP) is 30.0. The Labute approximate surface area is 784 Å². The van der Waals surface area contributed by atoms with Crippen molar-refractivity contribution >= 4 is 117 Å². The van der Waals surface area contributed by atoms with Gasteiger partial charge in [0.2, 0.25) is 0 Å². The average molecular weight is 2090 g/mol. The summed E-state index contributed by atoms with van der Waals surface area (Å²) in [5.74, 6) is -130. The van der Waals surface area contributed by atoms with Crippen LogP contribution in [0.1, 0.15) is 219 Å². The summed E-state index contributed by atoms with van der Waals surface area (Å²) in [6, 6.07) is 1.18. The van der Waals surface area contributed by atoms with E-state index in [2.05, 4.69) is 19.2 Å². The molecule has 0 aromatic heterocycles. The van der Waals surface area contributed by atoms with Crippen LogP contribution in [0.2, 0.25) is 0 Å². The molecule has 0 fully saturated rings. The van der Waals surface area contributed by atoms with Gasteiger partial charge in [-0.15, -0.1) is 0 Å². The van der Waals surface area contributed by atoms with Crippen LogP contribution in [0.5, 0.6) is 0 Å². The van der Waals surface area contributed by atoms with Crippen LogP contribution in [0.4, 0.5) is 184 Å². The normalized spacial score (nSPS) is 13.3. The summed E-state index contributed by atoms with van der Waals surface area (Å²) < 4.78 is 627. The molecule has 143 heavy (non-hydrogen) atoms. The summed E-state index contributed by atoms with van der Waals surface area (Å²) in [4.78, 5) is 4.77. The van der Waals surface area contributed by atoms with Crippen molar-refractivity contribution < 1.29 is 184 Å². The van der Waals surface area contributed by atoms with Crippen LogP contribution in [0.15, 0.2) is 4.99 Å². The first-order chi connectivity index (χ1) is 67.6. The molecule has 13 rings (SSSR count). The van der Waals surface area contributed by atoms with Crippen molar-refractivity contribution in [2.24, 2.45) is 4.99 Å². The molecule has 0 bridgehead atoms. The van der Waals surface area contributed by atoms with E-state index in [0.717, 1.165) is 0 Å². The van der Waals surface area contributed by atoms with E-state index in [1.54, 1.807) is 0 Å². The summed E-state index contributed by atoms with van der Waals surface area (Å²) in [6.07, 6.45) is 48.0. The number of aliphatic imine (C=N–C) groups is 1. The van der Waals surface area contributed by atoms with Gasteiger partial charge in [-0.3, -0.25) is 4.99 Å². The van der Waals surface area contributed by atoms with Gasteiger partial charge in [0, 0.05) is 38.8 Å². The maximum atomic E-state index is 16.1. The molecule has 0 saturated heterocycles. The largest absolute Gasteiger partial charge is 0.372 e. The third-order valence-electron chi connectivity index (χ3n) is 25.2. The zero-order chi connectivity index (χ0) is 106. The highest BCUT2D eigenvalue weighted by atomic mass is 19.2. The van der Waals surface area contributed by atoms with E-state index in [1.165, 1.54) is 205 Å². The van der Waals surface area contributed by atoms with Gasteiger partial charge >= 0.3 is 0 Å². The van der Waals surface area contributed by atoms with E-state index < -0.39 is 355 Å². The van der Waals surface area contributed by atoms with Gasteiger partial charge in [-0.1, -0.05) is 206 Å². The number of fused-ring (bicyclic) bond motifs is 6. The molecule has 0 radical (unpaired) electrons. The van der Waals surface area contributed by atoms with E-state index in [9.17, 15) is 105 Å². The van der Waals surface area contributed by atoms with Crippen molar-refractivity contribution in [3.8, 4) is 0 Å². The lowest BCUT2D eigenvalue weighted by atomic mass is 9.35. The first kappa shape index (κ1) is 112. The maximum Gasteiger partial charge on any atom is 0.264 e. The fraction of sp³-hybridized carbons (Fsp3) is 0.371. The molecule has 0 spiro atoms. The molecule has 12 aromatic rings. The second-order valence-electron chi connectivity index (χ2n) is 34.1. The Balaban J connectivity index is 0.000000208. The van der Waals surface area contributed by atoms with Crippen LogP contribution in [-0.4, -0.2) is 31.8 Å². The van der Waals surface area contributed by atoms with E-state index >= 15 is 79.0 Å². The molecule has 1 N–H and O–H groups in total. The van der Waals surface area contributed by atoms with Crippen molar-refractivity contribution in [1.29, 1.82) is 0 Å². The Morgan fingerprint density at radius 2 is 0.287 bits per heavy atom. The number of nitrogens with one attached hydrogen (secondary N) is 1. The molecular weight excluding hydrogens is 2010 g/mol. The van der Waals surface area contributed by atoms with Gasteiger partial charge < -0.3 is 5.32 Å². The first-order valence-corrected chi connectivity index (χ1v) is 44.8. The quantitative estimate of drug-likeness (QED) is 0.0135. The number of hydrogen-bond donors (Lipinski definition) is 1. The van der Waals surface area contributed by atoms with Crippen molar-refractivity contribution in [1.82, 2.24) is 5.32 Å². The predicted molar refractivity (Wildman–Crippen MR) is 450 cm³/mol. The Bertz CT molecular complexity index is 6010. The maximum absolute atomic E-state index is 16.1. The van der Waals surface area contributed by atoms with Crippen LogP contribution < -0.4 is 38.1 Å². The van der Waals surface area contributed by atoms with Crippen LogP contribution in [0.3, 0.4) is 0 Å². The number of hydrogen-bond acceptors (Lipinski definition) is 2. The second kappa shape index (κ2) is 47.4. The van der Waals surface area contributed by atoms with Crippen molar-refractivity contribution in [2.45, 2.75) is 231 Å². The molecule has 2 nitrogen and oxygen atoms in total. The number of benzene rings is 12. The Kier molecular flexibility index (Phi) is 37.2. The monoisotopic (exact) mass is 2090 g/mol. The summed E-state index contributed by atoms with van der Waals surface area (Å²) in [6.45, 7) is -4.20. The minimum atomic E-state index is -4.40. The molecule has 772 valence electrons. The zero-order valence-corrected chi connectivity index (χ0v) is 74.3. The van der Waals surface area contributed by atoms with E-state index in [1.807, 2.05) is 6.34 Å². The summed E-state index contributed by atoms with van der Waals surface area (Å²) >= 11 is 0. The van der Waals surface area contributed by atoms with Crippen LogP contribution in [0.25, 0.3) is 64.6 Å². The molecule has 0 saturated carbocycles. The van der Waals surface area contributed by atoms with Crippen LogP contribution in [0, 0.1) is 244 Å². The fourth-order valence-corrected chi connectivity index (χ4v) is 17.9. The molecule has 0 aliphatic carbocycles. The molecule has 1 aliphatic rings. The van der Waals surface area contributed by atoms with Gasteiger partial charge in [-0.05, 0) is 12.8 Å². The minimum absolute atomic E-state index is 0.554. The van der Waals surface area contributed by atoms with Gasteiger partial charge in [0.25, 0.3) is 13.4 Å². The number of halogens is 42. The van der Waals surface area contributed by atoms with Crippen molar-refractivity contribution in [2.75, 3.05) is 0 Å². The lowest BCUT2D eigenvalue weighted by Gasteiger charge is -2.23. The topological polar surface area (TPSA) is 24.4 Å². The second-order valence-corrected chi connectivity index (χ2v) is 34.1. The third-order valence-corrected chi connectivity index (χ3v) is 25.2. The molecular formula is C97H74B2F42N2. The number of nitrogens with zero attached hydrogens (tertiary/aromatic N) is 1. The first-order valence-electron chi connectivity index (χ1n) is 44.8. The van der Waals surface area contributed by atoms with Gasteiger partial charge in [0.15, 0.2) is 209 Å². The average Bonchev–Trinajstić information content (AvgIpc) is 0.724. The zero-order valence-electron chi connectivity index (χ0n) is 74.3. The van der Waals surface area contributed by atoms with Crippen LogP contribution >= 0.6 is 0 Å². The number of unbranched alkanes of at least 4 members (excludes halogenated alkanes) is 28. The van der Waals surface area contributed by atoms with E-state index in [4.69, 9.17) is 4.99 Å². The molecule has 2 unspecified atom stereocenters. The highest BCUT2D eigenvalue weighted by Crippen LogP contribution is 2.42. The smallest absolute Gasteiger partial charge is 0.264 e. The Morgan fingerprint density at radius 1 is 0.161 bits per heavy atom. The highest BCUT2D eigenvalue weighted by molar-refractivity contribution is 6.97. The van der Waals surface area contributed by atoms with Crippen molar-refractivity contribution in [3.05, 3.63) is 244 Å². The van der Waals surface area contributed by atoms with Gasteiger partial charge in [0.05, 0.1) is 77.0 Å². The Morgan fingerprint density at radius 3 is 0.441 bits per heavy atom. The lowest BCUT2D eigenvalue weighted by molar-refractivity contribution is 0.412. The van der Waals surface area contributed by atoms with Gasteiger partial charge in [0.1, 0.15) is 34.9 Å². The fourth-order valence-electron chi connectivity index (χ4n) is 17.9. The summed E-state index contributed by atoms with van der Waals surface area (Å²) in [5, 5.41) is -27.5. The molecule has 46 heteroatoms. The van der Waals surface area contributed by atoms with E-state index in [0.29, 0.717) is 12.1 Å². The lowest BCUT2D eigenvalue weighted by Crippen LogP contribution is -2.60. The summed E-state index contributed by atoms with van der Waals surface area (Å²) in [5.41, 5.74) is -17.8. The van der Waals surface area contributed by atoms with Gasteiger partial charge in [-0.2, -0.15) is 0 Å². The van der Waals surface area contributed by atoms with Crippen LogP contribution in [-0.2, 0) is 0 Å². The van der Waals surface area contributed by atoms with Gasteiger partial charge in [-0.25, -0.2) is 184 Å².